The van der Waals surface area contributed by atoms with Crippen molar-refractivity contribution in [2.75, 3.05) is 6.61 Å². The predicted molar refractivity (Wildman–Crippen MR) is 66.5 cm³/mol. The van der Waals surface area contributed by atoms with E-state index in [-0.39, 0.29) is 18.6 Å². The highest BCUT2D eigenvalue weighted by Gasteiger charge is 2.21. The molecule has 0 aromatic carbocycles. The summed E-state index contributed by atoms with van der Waals surface area (Å²) in [7, 11) is 0. The summed E-state index contributed by atoms with van der Waals surface area (Å²) in [5, 5.41) is 9.58. The summed E-state index contributed by atoms with van der Waals surface area (Å²) in [6.07, 6.45) is 2.67. The molecule has 0 rings (SSSR count). The molecule has 0 atom stereocenters. The Bertz CT molecular complexity index is 404. The van der Waals surface area contributed by atoms with E-state index in [4.69, 9.17) is 4.74 Å². The van der Waals surface area contributed by atoms with Crippen molar-refractivity contribution in [2.24, 2.45) is 0 Å². The first-order valence-corrected chi connectivity index (χ1v) is 5.12. The van der Waals surface area contributed by atoms with E-state index in [0.29, 0.717) is 0 Å². The van der Waals surface area contributed by atoms with Gasteiger partial charge in [-0.05, 0) is 6.92 Å². The second kappa shape index (κ2) is 7.89. The summed E-state index contributed by atoms with van der Waals surface area (Å²) in [5.41, 5.74) is 0.0930. The minimum atomic E-state index is -0.955. The molecule has 0 saturated heterocycles. The fraction of sp³-hybridized carbons (Fsp3) is 0.231. The molecule has 0 aliphatic carbocycles. The van der Waals surface area contributed by atoms with Gasteiger partial charge >= 0.3 is 11.9 Å². The average molecular weight is 252 g/mol. The Kier molecular flexibility index (Phi) is 6.88. The van der Waals surface area contributed by atoms with Gasteiger partial charge < -0.3 is 14.6 Å². The third-order valence-corrected chi connectivity index (χ3v) is 1.66. The number of hydrogen-bond donors (Lipinski definition) is 1. The van der Waals surface area contributed by atoms with Crippen LogP contribution >= 0.6 is 0 Å². The zero-order valence-corrected chi connectivity index (χ0v) is 10.3. The molecule has 0 bridgehead atoms. The van der Waals surface area contributed by atoms with E-state index in [1.54, 1.807) is 0 Å². The molecule has 0 aliphatic heterocycles. The summed E-state index contributed by atoms with van der Waals surface area (Å²) in [6.45, 7) is 11.5. The molecular weight excluding hydrogens is 236 g/mol. The average Bonchev–Trinajstić information content (AvgIpc) is 2.32. The van der Waals surface area contributed by atoms with Crippen LogP contribution in [-0.2, 0) is 19.1 Å². The SMILES string of the molecule is C=CCOC(=O)C(OC(=O)C(=C)C)=C(O)CC=C. The first kappa shape index (κ1) is 15.7. The summed E-state index contributed by atoms with van der Waals surface area (Å²) >= 11 is 0. The van der Waals surface area contributed by atoms with E-state index in [1.807, 2.05) is 0 Å². The summed E-state index contributed by atoms with van der Waals surface area (Å²) in [5.74, 6) is -2.78. The highest BCUT2D eigenvalue weighted by Crippen LogP contribution is 2.12. The van der Waals surface area contributed by atoms with Crippen LogP contribution in [0.3, 0.4) is 0 Å². The zero-order valence-electron chi connectivity index (χ0n) is 10.3. The predicted octanol–water partition coefficient (Wildman–Crippen LogP) is 2.18. The molecule has 0 unspecified atom stereocenters. The van der Waals surface area contributed by atoms with Crippen LogP contribution in [0.25, 0.3) is 0 Å². The Morgan fingerprint density at radius 2 is 1.83 bits per heavy atom. The minimum absolute atomic E-state index is 0.0258. The number of aliphatic hydroxyl groups is 1. The Balaban J connectivity index is 5.05. The lowest BCUT2D eigenvalue weighted by molar-refractivity contribution is -0.149. The van der Waals surface area contributed by atoms with Crippen LogP contribution in [0.5, 0.6) is 0 Å². The van der Waals surface area contributed by atoms with Crippen LogP contribution in [0, 0.1) is 0 Å². The quantitative estimate of drug-likeness (QED) is 0.325. The van der Waals surface area contributed by atoms with Crippen molar-refractivity contribution in [1.29, 1.82) is 0 Å². The van der Waals surface area contributed by atoms with Gasteiger partial charge in [0.15, 0.2) is 0 Å². The molecule has 5 nitrogen and oxygen atoms in total. The van der Waals surface area contributed by atoms with Gasteiger partial charge in [-0.3, -0.25) is 0 Å². The van der Waals surface area contributed by atoms with Crippen molar-refractivity contribution in [1.82, 2.24) is 0 Å². The number of carbonyl (C=O) groups excluding carboxylic acids is 2. The maximum atomic E-state index is 11.5. The van der Waals surface area contributed by atoms with Crippen molar-refractivity contribution in [3.63, 3.8) is 0 Å². The lowest BCUT2D eigenvalue weighted by Crippen LogP contribution is -2.17. The summed E-state index contributed by atoms with van der Waals surface area (Å²) in [6, 6.07) is 0. The van der Waals surface area contributed by atoms with E-state index in [1.165, 1.54) is 19.1 Å². The van der Waals surface area contributed by atoms with Crippen molar-refractivity contribution < 1.29 is 24.2 Å². The van der Waals surface area contributed by atoms with Gasteiger partial charge in [-0.2, -0.15) is 0 Å². The standard InChI is InChI=1S/C13H16O5/c1-5-7-10(14)11(13(16)17-8-6-2)18-12(15)9(3)4/h5-6,14H,1-3,7-8H2,4H3. The maximum absolute atomic E-state index is 11.5. The van der Waals surface area contributed by atoms with Gasteiger partial charge in [0.1, 0.15) is 12.4 Å². The molecule has 18 heavy (non-hydrogen) atoms. The Morgan fingerprint density at radius 3 is 2.28 bits per heavy atom. The Labute approximate surface area is 106 Å². The number of hydrogen-bond acceptors (Lipinski definition) is 5. The molecule has 0 fully saturated rings. The first-order chi connectivity index (χ1) is 8.43. The molecule has 5 heteroatoms. The highest BCUT2D eigenvalue weighted by molar-refractivity contribution is 5.94. The van der Waals surface area contributed by atoms with E-state index in [0.717, 1.165) is 0 Å². The zero-order chi connectivity index (χ0) is 14.1. The highest BCUT2D eigenvalue weighted by atomic mass is 16.6. The van der Waals surface area contributed by atoms with Crippen molar-refractivity contribution in [3.05, 3.63) is 49.0 Å². The van der Waals surface area contributed by atoms with Gasteiger partial charge in [-0.25, -0.2) is 9.59 Å². The Morgan fingerprint density at radius 1 is 1.22 bits per heavy atom. The molecule has 98 valence electrons. The molecule has 0 spiro atoms. The molecule has 1 N–H and O–H groups in total. The van der Waals surface area contributed by atoms with Gasteiger partial charge in [0.05, 0.1) is 0 Å². The van der Waals surface area contributed by atoms with Crippen LogP contribution in [0.2, 0.25) is 0 Å². The molecule has 0 saturated carbocycles. The third-order valence-electron chi connectivity index (χ3n) is 1.66. The number of carbonyl (C=O) groups is 2. The largest absolute Gasteiger partial charge is 0.508 e. The maximum Gasteiger partial charge on any atom is 0.378 e. The van der Waals surface area contributed by atoms with Gasteiger partial charge in [0.25, 0.3) is 5.76 Å². The Hall–Kier alpha value is -2.30. The number of ether oxygens (including phenoxy) is 2. The van der Waals surface area contributed by atoms with Crippen LogP contribution in [0.1, 0.15) is 13.3 Å². The molecule has 0 aromatic heterocycles. The lowest BCUT2D eigenvalue weighted by Gasteiger charge is -2.09. The fourth-order valence-corrected chi connectivity index (χ4v) is 0.828. The number of aliphatic hydroxyl groups excluding tert-OH is 1. The second-order valence-corrected chi connectivity index (χ2v) is 3.33. The van der Waals surface area contributed by atoms with Gasteiger partial charge in [0, 0.05) is 12.0 Å². The molecular formula is C13H16O5. The van der Waals surface area contributed by atoms with Gasteiger partial charge in [0.2, 0.25) is 0 Å². The van der Waals surface area contributed by atoms with Crippen LogP contribution in [-0.4, -0.2) is 23.7 Å². The first-order valence-electron chi connectivity index (χ1n) is 5.12. The molecule has 0 aliphatic rings. The van der Waals surface area contributed by atoms with E-state index >= 15 is 0 Å². The fourth-order valence-electron chi connectivity index (χ4n) is 0.828. The number of rotatable bonds is 7. The molecule has 0 amide bonds. The van der Waals surface area contributed by atoms with Crippen LogP contribution in [0.4, 0.5) is 0 Å². The van der Waals surface area contributed by atoms with E-state index < -0.39 is 23.5 Å². The third kappa shape index (κ3) is 5.16. The molecule has 0 radical (unpaired) electrons. The number of esters is 2. The van der Waals surface area contributed by atoms with Crippen molar-refractivity contribution in [2.45, 2.75) is 13.3 Å². The van der Waals surface area contributed by atoms with Crippen LogP contribution in [0.15, 0.2) is 49.0 Å². The number of allylic oxidation sites excluding steroid dienone is 1. The summed E-state index contributed by atoms with van der Waals surface area (Å²) in [4.78, 5) is 22.9. The topological polar surface area (TPSA) is 72.8 Å². The monoisotopic (exact) mass is 252 g/mol. The van der Waals surface area contributed by atoms with Crippen molar-refractivity contribution in [3.8, 4) is 0 Å². The minimum Gasteiger partial charge on any atom is -0.508 e. The smallest absolute Gasteiger partial charge is 0.378 e. The van der Waals surface area contributed by atoms with Crippen molar-refractivity contribution >= 4 is 11.9 Å². The van der Waals surface area contributed by atoms with Crippen LogP contribution < -0.4 is 0 Å². The van der Waals surface area contributed by atoms with E-state index in [2.05, 4.69) is 24.5 Å². The van der Waals surface area contributed by atoms with E-state index in [9.17, 15) is 14.7 Å². The molecule has 0 heterocycles. The van der Waals surface area contributed by atoms with Gasteiger partial charge in [-0.1, -0.05) is 25.3 Å². The second-order valence-electron chi connectivity index (χ2n) is 3.33. The van der Waals surface area contributed by atoms with Gasteiger partial charge in [-0.15, -0.1) is 6.58 Å². The lowest BCUT2D eigenvalue weighted by atomic mass is 10.3. The summed E-state index contributed by atoms with van der Waals surface area (Å²) < 4.78 is 9.41. The molecule has 0 aromatic rings. The normalized spacial score (nSPS) is 10.9.